The number of rotatable bonds is 7. The highest BCUT2D eigenvalue weighted by atomic mass is 79.9. The zero-order valence-corrected chi connectivity index (χ0v) is 19.1. The van der Waals surface area contributed by atoms with Gasteiger partial charge >= 0.3 is 0 Å². The second-order valence-electron chi connectivity index (χ2n) is 7.01. The van der Waals surface area contributed by atoms with Gasteiger partial charge < -0.3 is 10.1 Å². The SMILES string of the molecule is O=C(Nc1ccn(Cc2ccc(F)cc2Cl)n1)c1cccc(COc2ccccc2Br)c1. The summed E-state index contributed by atoms with van der Waals surface area (Å²) in [6.07, 6.45) is 1.72. The van der Waals surface area contributed by atoms with Crippen LogP contribution in [0.25, 0.3) is 0 Å². The quantitative estimate of drug-likeness (QED) is 0.314. The average Bonchev–Trinajstić information content (AvgIpc) is 3.22. The maximum Gasteiger partial charge on any atom is 0.256 e. The Hall–Kier alpha value is -3.16. The number of benzene rings is 3. The molecule has 0 aliphatic rings. The third kappa shape index (κ3) is 5.55. The number of amides is 1. The minimum absolute atomic E-state index is 0.280. The van der Waals surface area contributed by atoms with Crippen LogP contribution in [0.5, 0.6) is 5.75 Å². The van der Waals surface area contributed by atoms with Gasteiger partial charge in [-0.1, -0.05) is 41.9 Å². The van der Waals surface area contributed by atoms with Crippen molar-refractivity contribution in [1.29, 1.82) is 0 Å². The predicted molar refractivity (Wildman–Crippen MR) is 126 cm³/mol. The number of hydrogen-bond donors (Lipinski definition) is 1. The Morgan fingerprint density at radius 3 is 2.75 bits per heavy atom. The summed E-state index contributed by atoms with van der Waals surface area (Å²) in [7, 11) is 0. The highest BCUT2D eigenvalue weighted by Crippen LogP contribution is 2.25. The second kappa shape index (κ2) is 9.97. The van der Waals surface area contributed by atoms with Crippen LogP contribution in [0.1, 0.15) is 21.5 Å². The Kier molecular flexibility index (Phi) is 6.87. The summed E-state index contributed by atoms with van der Waals surface area (Å²) >= 11 is 9.53. The monoisotopic (exact) mass is 513 g/mol. The zero-order valence-electron chi connectivity index (χ0n) is 16.8. The molecule has 0 fully saturated rings. The fraction of sp³-hybridized carbons (Fsp3) is 0.0833. The average molecular weight is 515 g/mol. The Balaban J connectivity index is 1.39. The molecule has 4 aromatic rings. The predicted octanol–water partition coefficient (Wildman–Crippen LogP) is 6.32. The standard InChI is InChI=1S/C24H18BrClFN3O2/c25-20-6-1-2-7-22(20)32-15-16-4-3-5-17(12-16)24(31)28-23-10-11-30(29-23)14-18-8-9-19(27)13-21(18)26/h1-13H,14-15H2,(H,28,29,31). The van der Waals surface area contributed by atoms with Crippen LogP contribution in [0, 0.1) is 5.82 Å². The van der Waals surface area contributed by atoms with Gasteiger partial charge in [0.2, 0.25) is 0 Å². The van der Waals surface area contributed by atoms with Crippen LogP contribution in [-0.4, -0.2) is 15.7 Å². The lowest BCUT2D eigenvalue weighted by atomic mass is 10.1. The maximum absolute atomic E-state index is 13.2. The summed E-state index contributed by atoms with van der Waals surface area (Å²) in [5.41, 5.74) is 2.09. The molecule has 0 atom stereocenters. The summed E-state index contributed by atoms with van der Waals surface area (Å²) in [6, 6.07) is 20.7. The minimum atomic E-state index is -0.392. The number of para-hydroxylation sites is 1. The molecule has 0 aliphatic heterocycles. The Bertz CT molecular complexity index is 1260. The van der Waals surface area contributed by atoms with Gasteiger partial charge in [-0.15, -0.1) is 0 Å². The molecule has 8 heteroatoms. The first-order valence-electron chi connectivity index (χ1n) is 9.73. The van der Waals surface area contributed by atoms with E-state index in [0.29, 0.717) is 29.6 Å². The third-order valence-corrected chi connectivity index (χ3v) is 5.66. The van der Waals surface area contributed by atoms with Crippen molar-refractivity contribution in [3.05, 3.63) is 111 Å². The fourth-order valence-electron chi connectivity index (χ4n) is 3.05. The largest absolute Gasteiger partial charge is 0.488 e. The van der Waals surface area contributed by atoms with Crippen LogP contribution >= 0.6 is 27.5 Å². The van der Waals surface area contributed by atoms with Crippen molar-refractivity contribution in [2.75, 3.05) is 5.32 Å². The van der Waals surface area contributed by atoms with Gasteiger partial charge in [0.1, 0.15) is 18.2 Å². The summed E-state index contributed by atoms with van der Waals surface area (Å²) in [5.74, 6) is 0.464. The van der Waals surface area contributed by atoms with Crippen LogP contribution in [0.4, 0.5) is 10.2 Å². The molecule has 0 unspecified atom stereocenters. The summed E-state index contributed by atoms with van der Waals surface area (Å²) in [6.45, 7) is 0.688. The first kappa shape index (κ1) is 22.0. The molecule has 4 rings (SSSR count). The topological polar surface area (TPSA) is 56.2 Å². The highest BCUT2D eigenvalue weighted by molar-refractivity contribution is 9.10. The van der Waals surface area contributed by atoms with Gasteiger partial charge in [-0.25, -0.2) is 4.39 Å². The van der Waals surface area contributed by atoms with Gasteiger partial charge in [0.25, 0.3) is 5.91 Å². The Labute approximate surface area is 197 Å². The van der Waals surface area contributed by atoms with Crippen molar-refractivity contribution in [3.8, 4) is 5.75 Å². The van der Waals surface area contributed by atoms with Crippen molar-refractivity contribution < 1.29 is 13.9 Å². The molecule has 0 bridgehead atoms. The van der Waals surface area contributed by atoms with Gasteiger partial charge in [-0.2, -0.15) is 5.10 Å². The van der Waals surface area contributed by atoms with Crippen molar-refractivity contribution in [3.63, 3.8) is 0 Å². The van der Waals surface area contributed by atoms with E-state index in [1.807, 2.05) is 36.4 Å². The number of nitrogens with one attached hydrogen (secondary N) is 1. The smallest absolute Gasteiger partial charge is 0.256 e. The number of carbonyl (C=O) groups is 1. The number of halogens is 3. The van der Waals surface area contributed by atoms with Crippen molar-refractivity contribution in [2.24, 2.45) is 0 Å². The van der Waals surface area contributed by atoms with Crippen LogP contribution < -0.4 is 10.1 Å². The molecule has 0 radical (unpaired) electrons. The van der Waals surface area contributed by atoms with Gasteiger partial charge in [0, 0.05) is 22.8 Å². The molecule has 1 aromatic heterocycles. The van der Waals surface area contributed by atoms with E-state index in [-0.39, 0.29) is 5.91 Å². The van der Waals surface area contributed by atoms with Crippen LogP contribution in [0.3, 0.4) is 0 Å². The van der Waals surface area contributed by atoms with Crippen LogP contribution in [0.2, 0.25) is 5.02 Å². The molecule has 1 amide bonds. The number of aromatic nitrogens is 2. The van der Waals surface area contributed by atoms with Gasteiger partial charge in [0.05, 0.1) is 11.0 Å². The van der Waals surface area contributed by atoms with Gasteiger partial charge in [-0.3, -0.25) is 9.48 Å². The molecule has 1 heterocycles. The zero-order chi connectivity index (χ0) is 22.5. The molecule has 0 saturated carbocycles. The number of carbonyl (C=O) groups excluding carboxylic acids is 1. The van der Waals surface area contributed by atoms with E-state index in [1.54, 1.807) is 35.1 Å². The highest BCUT2D eigenvalue weighted by Gasteiger charge is 2.10. The number of ether oxygens (including phenoxy) is 1. The number of nitrogens with zero attached hydrogens (tertiary/aromatic N) is 2. The van der Waals surface area contributed by atoms with Crippen LogP contribution in [0.15, 0.2) is 83.5 Å². The fourth-order valence-corrected chi connectivity index (χ4v) is 3.68. The van der Waals surface area contributed by atoms with Gasteiger partial charge in [-0.05, 0) is 63.5 Å². The molecular formula is C24H18BrClFN3O2. The summed E-state index contributed by atoms with van der Waals surface area (Å²) in [5, 5.41) is 7.46. The molecule has 3 aromatic carbocycles. The minimum Gasteiger partial charge on any atom is -0.488 e. The summed E-state index contributed by atoms with van der Waals surface area (Å²) < 4.78 is 21.5. The molecule has 0 saturated heterocycles. The second-order valence-corrected chi connectivity index (χ2v) is 8.27. The molecule has 32 heavy (non-hydrogen) atoms. The molecule has 1 N–H and O–H groups in total. The van der Waals surface area contributed by atoms with E-state index in [2.05, 4.69) is 26.3 Å². The lowest BCUT2D eigenvalue weighted by molar-refractivity contribution is 0.102. The van der Waals surface area contributed by atoms with E-state index in [9.17, 15) is 9.18 Å². The third-order valence-electron chi connectivity index (χ3n) is 4.65. The molecule has 0 spiro atoms. The number of anilines is 1. The molecule has 162 valence electrons. The van der Waals surface area contributed by atoms with Gasteiger partial charge in [0.15, 0.2) is 5.82 Å². The lowest BCUT2D eigenvalue weighted by Crippen LogP contribution is -2.13. The molecule has 5 nitrogen and oxygen atoms in total. The van der Waals surface area contributed by atoms with E-state index in [1.165, 1.54) is 12.1 Å². The summed E-state index contributed by atoms with van der Waals surface area (Å²) in [4.78, 5) is 12.7. The molecular weight excluding hydrogens is 497 g/mol. The van der Waals surface area contributed by atoms with E-state index >= 15 is 0 Å². The Morgan fingerprint density at radius 1 is 1.09 bits per heavy atom. The van der Waals surface area contributed by atoms with Crippen LogP contribution in [-0.2, 0) is 13.2 Å². The first-order chi connectivity index (χ1) is 15.5. The van der Waals surface area contributed by atoms with Crippen molar-refractivity contribution >= 4 is 39.3 Å². The first-order valence-corrected chi connectivity index (χ1v) is 10.9. The molecule has 0 aliphatic carbocycles. The maximum atomic E-state index is 13.2. The normalized spacial score (nSPS) is 10.7. The van der Waals surface area contributed by atoms with Crippen molar-refractivity contribution in [1.82, 2.24) is 9.78 Å². The van der Waals surface area contributed by atoms with E-state index in [4.69, 9.17) is 16.3 Å². The van der Waals surface area contributed by atoms with E-state index < -0.39 is 5.82 Å². The number of hydrogen-bond acceptors (Lipinski definition) is 3. The lowest BCUT2D eigenvalue weighted by Gasteiger charge is -2.09. The van der Waals surface area contributed by atoms with E-state index in [0.717, 1.165) is 21.3 Å². The van der Waals surface area contributed by atoms with Crippen molar-refractivity contribution in [2.45, 2.75) is 13.2 Å². The Morgan fingerprint density at radius 2 is 1.94 bits per heavy atom.